The Bertz CT molecular complexity index is 219. The lowest BCUT2D eigenvalue weighted by Crippen LogP contribution is -2.41. The zero-order valence-corrected chi connectivity index (χ0v) is 10.3. The van der Waals surface area contributed by atoms with Gasteiger partial charge in [-0.1, -0.05) is 13.8 Å². The number of piperidine rings is 1. The second-order valence-electron chi connectivity index (χ2n) is 4.86. The topological polar surface area (TPSA) is 32.3 Å². The molecule has 0 aromatic carbocycles. The molecule has 0 spiro atoms. The van der Waals surface area contributed by atoms with Gasteiger partial charge in [0.15, 0.2) is 0 Å². The van der Waals surface area contributed by atoms with Gasteiger partial charge in [-0.15, -0.1) is 12.4 Å². The first-order valence-corrected chi connectivity index (χ1v) is 5.70. The third-order valence-electron chi connectivity index (χ3n) is 3.40. The molecule has 0 aromatic heterocycles. The van der Waals surface area contributed by atoms with E-state index in [1.165, 1.54) is 12.8 Å². The van der Waals surface area contributed by atoms with Crippen molar-refractivity contribution >= 4 is 18.3 Å². The fraction of sp³-hybridized carbons (Fsp3) is 0.909. The van der Waals surface area contributed by atoms with Crippen molar-refractivity contribution in [1.82, 2.24) is 10.2 Å². The third kappa shape index (κ3) is 2.64. The van der Waals surface area contributed by atoms with Crippen LogP contribution in [0.15, 0.2) is 0 Å². The highest BCUT2D eigenvalue weighted by Gasteiger charge is 2.36. The van der Waals surface area contributed by atoms with Crippen LogP contribution >= 0.6 is 12.4 Å². The van der Waals surface area contributed by atoms with Gasteiger partial charge >= 0.3 is 0 Å². The van der Waals surface area contributed by atoms with E-state index in [1.807, 2.05) is 18.7 Å². The van der Waals surface area contributed by atoms with E-state index in [2.05, 4.69) is 5.32 Å². The molecule has 0 aromatic rings. The molecule has 0 radical (unpaired) electrons. The SMILES string of the molecule is CC(C)C(=O)N1C[C@H]2CCCN[C@H]2C1.Cl. The Kier molecular flexibility index (Phi) is 4.41. The van der Waals surface area contributed by atoms with Crippen LogP contribution in [0.25, 0.3) is 0 Å². The first-order valence-electron chi connectivity index (χ1n) is 5.70. The molecule has 4 heteroatoms. The molecule has 2 atom stereocenters. The van der Waals surface area contributed by atoms with Crippen molar-refractivity contribution in [3.8, 4) is 0 Å². The fourth-order valence-electron chi connectivity index (χ4n) is 2.59. The van der Waals surface area contributed by atoms with Crippen molar-refractivity contribution in [1.29, 1.82) is 0 Å². The lowest BCUT2D eigenvalue weighted by molar-refractivity contribution is -0.133. The first-order chi connectivity index (χ1) is 6.68. The van der Waals surface area contributed by atoms with Crippen molar-refractivity contribution < 1.29 is 4.79 Å². The Labute approximate surface area is 98.0 Å². The fourth-order valence-corrected chi connectivity index (χ4v) is 2.59. The normalized spacial score (nSPS) is 29.9. The number of carbonyl (C=O) groups excluding carboxylic acids is 1. The summed E-state index contributed by atoms with van der Waals surface area (Å²) in [6.45, 7) is 7.01. The third-order valence-corrected chi connectivity index (χ3v) is 3.40. The van der Waals surface area contributed by atoms with E-state index in [1.54, 1.807) is 0 Å². The van der Waals surface area contributed by atoms with E-state index in [0.29, 0.717) is 17.9 Å². The van der Waals surface area contributed by atoms with E-state index in [9.17, 15) is 4.79 Å². The number of carbonyl (C=O) groups is 1. The number of hydrogen-bond donors (Lipinski definition) is 1. The molecule has 0 saturated carbocycles. The number of halogens is 1. The maximum atomic E-state index is 11.8. The molecular formula is C11H21ClN2O. The summed E-state index contributed by atoms with van der Waals surface area (Å²) >= 11 is 0. The molecule has 2 saturated heterocycles. The summed E-state index contributed by atoms with van der Waals surface area (Å²) < 4.78 is 0. The summed E-state index contributed by atoms with van der Waals surface area (Å²) in [5.74, 6) is 1.18. The zero-order chi connectivity index (χ0) is 10.1. The average molecular weight is 233 g/mol. The van der Waals surface area contributed by atoms with Crippen LogP contribution in [0.1, 0.15) is 26.7 Å². The quantitative estimate of drug-likeness (QED) is 0.739. The van der Waals surface area contributed by atoms with Crippen LogP contribution in [0, 0.1) is 11.8 Å². The largest absolute Gasteiger partial charge is 0.341 e. The minimum absolute atomic E-state index is 0. The Balaban J connectivity index is 0.00000112. The van der Waals surface area contributed by atoms with Gasteiger partial charge in [-0.25, -0.2) is 0 Å². The average Bonchev–Trinajstić information content (AvgIpc) is 2.59. The van der Waals surface area contributed by atoms with Crippen LogP contribution in [0.3, 0.4) is 0 Å². The number of fused-ring (bicyclic) bond motifs is 1. The molecule has 15 heavy (non-hydrogen) atoms. The van der Waals surface area contributed by atoms with Gasteiger partial charge in [0.1, 0.15) is 0 Å². The minimum atomic E-state index is 0. The van der Waals surface area contributed by atoms with Crippen LogP contribution < -0.4 is 5.32 Å². The van der Waals surface area contributed by atoms with Crippen molar-refractivity contribution in [3.63, 3.8) is 0 Å². The van der Waals surface area contributed by atoms with Crippen LogP contribution in [0.4, 0.5) is 0 Å². The highest BCUT2D eigenvalue weighted by atomic mass is 35.5. The van der Waals surface area contributed by atoms with Crippen LogP contribution in [-0.4, -0.2) is 36.5 Å². The van der Waals surface area contributed by atoms with E-state index >= 15 is 0 Å². The monoisotopic (exact) mass is 232 g/mol. The maximum Gasteiger partial charge on any atom is 0.225 e. The van der Waals surface area contributed by atoms with Gasteiger partial charge in [0.25, 0.3) is 0 Å². The number of nitrogens with one attached hydrogen (secondary N) is 1. The van der Waals surface area contributed by atoms with Crippen molar-refractivity contribution in [2.75, 3.05) is 19.6 Å². The summed E-state index contributed by atoms with van der Waals surface area (Å²) in [5.41, 5.74) is 0. The summed E-state index contributed by atoms with van der Waals surface area (Å²) in [6.07, 6.45) is 2.56. The van der Waals surface area contributed by atoms with Crippen LogP contribution in [0.5, 0.6) is 0 Å². The predicted octanol–water partition coefficient (Wildman–Crippen LogP) is 1.27. The van der Waals surface area contributed by atoms with Gasteiger partial charge in [-0.05, 0) is 25.3 Å². The Hall–Kier alpha value is -0.280. The molecule has 2 rings (SSSR count). The molecule has 88 valence electrons. The van der Waals surface area contributed by atoms with E-state index < -0.39 is 0 Å². The highest BCUT2D eigenvalue weighted by Crippen LogP contribution is 2.25. The van der Waals surface area contributed by atoms with Gasteiger partial charge in [0.05, 0.1) is 0 Å². The molecular weight excluding hydrogens is 212 g/mol. The maximum absolute atomic E-state index is 11.8. The van der Waals surface area contributed by atoms with Crippen molar-refractivity contribution in [3.05, 3.63) is 0 Å². The molecule has 2 aliphatic rings. The molecule has 0 bridgehead atoms. The number of amides is 1. The lowest BCUT2D eigenvalue weighted by atomic mass is 9.94. The van der Waals surface area contributed by atoms with Gasteiger partial charge in [0, 0.05) is 25.0 Å². The molecule has 1 N–H and O–H groups in total. The smallest absolute Gasteiger partial charge is 0.225 e. The molecule has 0 aliphatic carbocycles. The second-order valence-corrected chi connectivity index (χ2v) is 4.86. The Morgan fingerprint density at radius 3 is 2.73 bits per heavy atom. The number of hydrogen-bond acceptors (Lipinski definition) is 2. The zero-order valence-electron chi connectivity index (χ0n) is 9.53. The minimum Gasteiger partial charge on any atom is -0.341 e. The molecule has 2 fully saturated rings. The first kappa shape index (κ1) is 12.8. The van der Waals surface area contributed by atoms with Crippen molar-refractivity contribution in [2.45, 2.75) is 32.7 Å². The van der Waals surface area contributed by atoms with Crippen LogP contribution in [0.2, 0.25) is 0 Å². The summed E-state index contributed by atoms with van der Waals surface area (Å²) in [4.78, 5) is 13.8. The highest BCUT2D eigenvalue weighted by molar-refractivity contribution is 5.85. The Morgan fingerprint density at radius 2 is 2.13 bits per heavy atom. The predicted molar refractivity (Wildman–Crippen MR) is 63.2 cm³/mol. The molecule has 1 amide bonds. The summed E-state index contributed by atoms with van der Waals surface area (Å²) in [6, 6.07) is 0.575. The van der Waals surface area contributed by atoms with E-state index in [0.717, 1.165) is 19.6 Å². The Morgan fingerprint density at radius 1 is 1.40 bits per heavy atom. The van der Waals surface area contributed by atoms with E-state index in [-0.39, 0.29) is 18.3 Å². The number of nitrogens with zero attached hydrogens (tertiary/aromatic N) is 1. The molecule has 0 unspecified atom stereocenters. The molecule has 3 nitrogen and oxygen atoms in total. The summed E-state index contributed by atoms with van der Waals surface area (Å²) in [5, 5.41) is 3.51. The molecule has 2 aliphatic heterocycles. The summed E-state index contributed by atoms with van der Waals surface area (Å²) in [7, 11) is 0. The molecule has 2 heterocycles. The standard InChI is InChI=1S/C11H20N2O.ClH/c1-8(2)11(14)13-6-9-4-3-5-12-10(9)7-13;/h8-10,12H,3-7H2,1-2H3;1H/t9-,10+;/m1./s1. The van der Waals surface area contributed by atoms with Gasteiger partial charge in [-0.2, -0.15) is 0 Å². The van der Waals surface area contributed by atoms with Gasteiger partial charge < -0.3 is 10.2 Å². The second kappa shape index (κ2) is 5.17. The van der Waals surface area contributed by atoms with E-state index in [4.69, 9.17) is 0 Å². The lowest BCUT2D eigenvalue weighted by Gasteiger charge is -2.24. The number of likely N-dealkylation sites (tertiary alicyclic amines) is 1. The number of rotatable bonds is 1. The van der Waals surface area contributed by atoms with Gasteiger partial charge in [-0.3, -0.25) is 4.79 Å². The van der Waals surface area contributed by atoms with Crippen molar-refractivity contribution in [2.24, 2.45) is 11.8 Å². The van der Waals surface area contributed by atoms with Crippen LogP contribution in [-0.2, 0) is 4.79 Å². The van der Waals surface area contributed by atoms with Gasteiger partial charge in [0.2, 0.25) is 5.91 Å².